The van der Waals surface area contributed by atoms with Crippen molar-refractivity contribution in [2.75, 3.05) is 26.1 Å². The fourth-order valence-corrected chi connectivity index (χ4v) is 6.32. The first kappa shape index (κ1) is 23.4. The minimum absolute atomic E-state index is 0.0799. The van der Waals surface area contributed by atoms with Crippen molar-refractivity contribution in [3.63, 3.8) is 0 Å². The van der Waals surface area contributed by atoms with E-state index < -0.39 is 75.4 Å². The van der Waals surface area contributed by atoms with Crippen molar-refractivity contribution in [1.82, 2.24) is 19.4 Å². The second kappa shape index (κ2) is 15.3. The Kier molecular flexibility index (Phi) is 7.61. The number of hydrogen-bond acceptors (Lipinski definition) is 5. The van der Waals surface area contributed by atoms with E-state index in [9.17, 15) is 27.2 Å². The van der Waals surface area contributed by atoms with Crippen LogP contribution in [-0.2, 0) is 42.7 Å². The first-order valence-corrected chi connectivity index (χ1v) is 15.7. The molecule has 3 aromatic carbocycles. The molecule has 1 aromatic heterocycles. The summed E-state index contributed by atoms with van der Waals surface area (Å²) in [5.41, 5.74) is 1.94. The molecule has 1 aliphatic carbocycles. The molecule has 4 aromatic rings. The lowest BCUT2D eigenvalue weighted by molar-refractivity contribution is -0.137. The van der Waals surface area contributed by atoms with Gasteiger partial charge in [-0.05, 0) is 78.8 Å². The van der Waals surface area contributed by atoms with Crippen LogP contribution in [0.1, 0.15) is 61.8 Å². The van der Waals surface area contributed by atoms with E-state index in [2.05, 4.69) is 4.98 Å². The summed E-state index contributed by atoms with van der Waals surface area (Å²) in [7, 11) is 0. The van der Waals surface area contributed by atoms with E-state index in [4.69, 9.17) is 13.7 Å². The van der Waals surface area contributed by atoms with Gasteiger partial charge in [0.1, 0.15) is 12.4 Å². The van der Waals surface area contributed by atoms with Gasteiger partial charge in [-0.25, -0.2) is 4.39 Å². The maximum atomic E-state index is 14.4. The number of likely N-dealkylation sites (N-methyl/N-ethyl adjacent to an activating group) is 1. The van der Waals surface area contributed by atoms with Crippen molar-refractivity contribution in [2.45, 2.75) is 63.1 Å². The largest absolute Gasteiger partial charge is 0.416 e. The minimum atomic E-state index is -4.52. The van der Waals surface area contributed by atoms with Gasteiger partial charge in [-0.2, -0.15) is 18.2 Å². The first-order valence-electron chi connectivity index (χ1n) is 19.7. The van der Waals surface area contributed by atoms with Crippen LogP contribution in [0.25, 0.3) is 11.1 Å². The van der Waals surface area contributed by atoms with Crippen molar-refractivity contribution in [2.24, 2.45) is 0 Å². The van der Waals surface area contributed by atoms with Crippen LogP contribution >= 0.6 is 11.8 Å². The fraction of sp³-hybridized carbons (Fsp3) is 0.361. The Hall–Kier alpha value is -3.96. The normalized spacial score (nSPS) is 17.1. The topological polar surface area (TPSA) is 58.4 Å². The molecule has 1 aliphatic rings. The minimum Gasteiger partial charge on any atom is -0.336 e. The van der Waals surface area contributed by atoms with E-state index in [1.807, 2.05) is 0 Å². The molecular weight excluding hydrogens is 628 g/mol. The summed E-state index contributed by atoms with van der Waals surface area (Å²) in [5, 5.41) is 0.193. The summed E-state index contributed by atoms with van der Waals surface area (Å²) in [6, 6.07) is 16.6. The number of hydrogen-bond donors (Lipinski definition) is 0. The summed E-state index contributed by atoms with van der Waals surface area (Å²) >= 11 is 1.14. The lowest BCUT2D eigenvalue weighted by Gasteiger charge is -2.28. The highest BCUT2D eigenvalue weighted by Gasteiger charge is 2.30. The third-order valence-corrected chi connectivity index (χ3v) is 8.91. The SMILES string of the molecule is [2H]C([2H])([2H])C([2H])([2H])N(CCN(Cc1ccc(-c2ccc(C(F)(F)F)cc2)cc1)C(=O)Cn1c(SCc2ccc(F)cc2)nc(=O)c2c1CCC2)C([2H])([2H])C([2H])([2H])[2H]. The van der Waals surface area contributed by atoms with Crippen LogP contribution in [0.15, 0.2) is 82.7 Å². The maximum Gasteiger partial charge on any atom is 0.416 e. The van der Waals surface area contributed by atoms with Crippen molar-refractivity contribution in [3.8, 4) is 11.1 Å². The first-order chi connectivity index (χ1) is 26.4. The second-order valence-corrected chi connectivity index (χ2v) is 11.9. The number of carbonyl (C=O) groups excluding carboxylic acids is 1. The summed E-state index contributed by atoms with van der Waals surface area (Å²) in [6.45, 7) is -16.1. The smallest absolute Gasteiger partial charge is 0.336 e. The van der Waals surface area contributed by atoms with Crippen molar-refractivity contribution in [3.05, 3.63) is 117 Å². The molecule has 0 atom stereocenters. The summed E-state index contributed by atoms with van der Waals surface area (Å²) in [4.78, 5) is 32.9. The average Bonchev–Trinajstić information content (AvgIpc) is 3.62. The number of nitrogens with zero attached hydrogens (tertiary/aromatic N) is 4. The number of halogens is 4. The number of fused-ring (bicyclic) bond motifs is 1. The van der Waals surface area contributed by atoms with Gasteiger partial charge in [0.05, 0.1) is 5.56 Å². The molecule has 0 unspecified atom stereocenters. The van der Waals surface area contributed by atoms with E-state index in [0.717, 1.165) is 23.9 Å². The molecule has 5 rings (SSSR count). The van der Waals surface area contributed by atoms with E-state index >= 15 is 0 Å². The Balaban J connectivity index is 1.50. The van der Waals surface area contributed by atoms with Crippen molar-refractivity contribution in [1.29, 1.82) is 0 Å². The molecular formula is C36H38F4N4O2S. The maximum absolute atomic E-state index is 14.4. The van der Waals surface area contributed by atoms with E-state index in [0.29, 0.717) is 52.8 Å². The van der Waals surface area contributed by atoms with Gasteiger partial charge in [-0.1, -0.05) is 74.0 Å². The molecule has 0 fully saturated rings. The monoisotopic (exact) mass is 676 g/mol. The molecule has 11 heteroatoms. The van der Waals surface area contributed by atoms with Crippen LogP contribution in [0.2, 0.25) is 0 Å². The van der Waals surface area contributed by atoms with Gasteiger partial charge < -0.3 is 14.4 Å². The number of benzene rings is 3. The van der Waals surface area contributed by atoms with Gasteiger partial charge in [0.15, 0.2) is 5.16 Å². The Labute approximate surface area is 290 Å². The van der Waals surface area contributed by atoms with Gasteiger partial charge in [0.25, 0.3) is 5.56 Å². The molecule has 0 saturated carbocycles. The molecule has 1 amide bonds. The molecule has 0 aliphatic heterocycles. The van der Waals surface area contributed by atoms with Gasteiger partial charge in [-0.15, -0.1) is 0 Å². The van der Waals surface area contributed by atoms with Gasteiger partial charge in [0, 0.05) is 50.4 Å². The summed E-state index contributed by atoms with van der Waals surface area (Å²) in [5.74, 6) is -0.819. The molecule has 1 heterocycles. The number of aromatic nitrogens is 2. The molecule has 248 valence electrons. The van der Waals surface area contributed by atoms with Crippen LogP contribution in [0.4, 0.5) is 17.6 Å². The highest BCUT2D eigenvalue weighted by Crippen LogP contribution is 2.31. The second-order valence-electron chi connectivity index (χ2n) is 10.9. The Morgan fingerprint density at radius 2 is 1.57 bits per heavy atom. The lowest BCUT2D eigenvalue weighted by atomic mass is 10.0. The number of carbonyl (C=O) groups is 1. The Morgan fingerprint density at radius 3 is 2.21 bits per heavy atom. The van der Waals surface area contributed by atoms with Crippen LogP contribution < -0.4 is 5.56 Å². The van der Waals surface area contributed by atoms with Crippen LogP contribution in [0, 0.1) is 5.82 Å². The van der Waals surface area contributed by atoms with E-state index in [-0.39, 0.29) is 22.4 Å². The van der Waals surface area contributed by atoms with Gasteiger partial charge >= 0.3 is 6.18 Å². The summed E-state index contributed by atoms with van der Waals surface area (Å²) in [6.07, 6.45) is -3.03. The third kappa shape index (κ3) is 8.70. The number of alkyl halides is 3. The quantitative estimate of drug-likeness (QED) is 0.0851. The summed E-state index contributed by atoms with van der Waals surface area (Å²) < 4.78 is 135. The zero-order valence-corrected chi connectivity index (χ0v) is 25.9. The van der Waals surface area contributed by atoms with Crippen molar-refractivity contribution < 1.29 is 36.1 Å². The average molecular weight is 677 g/mol. The Bertz CT molecular complexity index is 2090. The highest BCUT2D eigenvalue weighted by molar-refractivity contribution is 7.98. The van der Waals surface area contributed by atoms with Gasteiger partial charge in [-0.3, -0.25) is 9.59 Å². The van der Waals surface area contributed by atoms with E-state index in [1.54, 1.807) is 41.0 Å². The molecule has 6 nitrogen and oxygen atoms in total. The van der Waals surface area contributed by atoms with E-state index in [1.165, 1.54) is 29.2 Å². The number of thioether (sulfide) groups is 1. The molecule has 47 heavy (non-hydrogen) atoms. The van der Waals surface area contributed by atoms with Crippen LogP contribution in [0.5, 0.6) is 0 Å². The highest BCUT2D eigenvalue weighted by atomic mass is 32.2. The van der Waals surface area contributed by atoms with Crippen molar-refractivity contribution >= 4 is 17.7 Å². The third-order valence-electron chi connectivity index (χ3n) is 7.86. The zero-order valence-electron chi connectivity index (χ0n) is 35.1. The molecule has 0 spiro atoms. The lowest BCUT2D eigenvalue weighted by Crippen LogP contribution is -2.40. The molecule has 0 radical (unpaired) electrons. The number of amides is 1. The van der Waals surface area contributed by atoms with Crippen LogP contribution in [0.3, 0.4) is 0 Å². The predicted molar refractivity (Wildman–Crippen MR) is 177 cm³/mol. The zero-order chi connectivity index (χ0) is 42.1. The standard InChI is InChI=1S/C36H38F4N4O2S/c1-3-42(4-2)20-21-43(22-25-8-12-27(13-9-25)28-14-16-29(17-15-28)36(38,39)40)33(45)23-44-32-7-5-6-31(32)34(46)41-35(44)47-24-26-10-18-30(37)19-11-26/h8-19H,3-7,20-24H2,1-2H3/i1D3,2D3,3D2,4D2. The Morgan fingerprint density at radius 1 is 0.936 bits per heavy atom. The molecule has 0 bridgehead atoms. The molecule has 0 saturated heterocycles. The van der Waals surface area contributed by atoms with Crippen LogP contribution in [-0.4, -0.2) is 51.3 Å². The number of rotatable bonds is 13. The fourth-order valence-electron chi connectivity index (χ4n) is 5.35. The predicted octanol–water partition coefficient (Wildman–Crippen LogP) is 7.22. The molecule has 0 N–H and O–H groups in total. The van der Waals surface area contributed by atoms with Gasteiger partial charge in [0.2, 0.25) is 5.91 Å².